The first kappa shape index (κ1) is 12.3. The van der Waals surface area contributed by atoms with Gasteiger partial charge in [-0.05, 0) is 18.5 Å². The number of fused-ring (bicyclic) bond motifs is 1. The van der Waals surface area contributed by atoms with E-state index in [1.54, 1.807) is 0 Å². The molecule has 0 N–H and O–H groups in total. The monoisotopic (exact) mass is 274 g/mol. The normalized spacial score (nSPS) is 10.9. The average Bonchev–Trinajstić information content (AvgIpc) is 2.32. The first-order valence-electron chi connectivity index (χ1n) is 4.93. The van der Waals surface area contributed by atoms with Crippen LogP contribution in [0.5, 0.6) is 0 Å². The highest BCUT2D eigenvalue weighted by atomic mass is 35.5. The van der Waals surface area contributed by atoms with Crippen molar-refractivity contribution in [2.75, 3.05) is 18.5 Å². The van der Waals surface area contributed by atoms with E-state index in [-0.39, 0.29) is 16.0 Å². The Bertz CT molecular complexity index is 576. The lowest BCUT2D eigenvalue weighted by molar-refractivity contribution is 0.631. The van der Waals surface area contributed by atoms with Gasteiger partial charge in [0.05, 0.1) is 5.39 Å². The molecule has 0 aromatic carbocycles. The minimum atomic E-state index is -0.681. The molecule has 0 radical (unpaired) electrons. The topological polar surface area (TPSA) is 41.9 Å². The summed E-state index contributed by atoms with van der Waals surface area (Å²) in [6.45, 7) is 2.65. The van der Waals surface area contributed by atoms with E-state index in [9.17, 15) is 4.39 Å². The van der Waals surface area contributed by atoms with Crippen LogP contribution in [-0.2, 0) is 0 Å². The first-order chi connectivity index (χ1) is 8.04. The van der Waals surface area contributed by atoms with Crippen LogP contribution in [-0.4, -0.2) is 28.5 Å². The SMILES string of the molecule is CCN(C)c1nc(Cl)nc2c(F)c(Cl)ncc12. The second-order valence-electron chi connectivity index (χ2n) is 3.46. The molecule has 0 fully saturated rings. The molecule has 2 aromatic rings. The van der Waals surface area contributed by atoms with Crippen LogP contribution in [0.4, 0.5) is 10.2 Å². The van der Waals surface area contributed by atoms with Crippen LogP contribution in [0.15, 0.2) is 6.20 Å². The summed E-state index contributed by atoms with van der Waals surface area (Å²) in [6, 6.07) is 0. The Kier molecular flexibility index (Phi) is 3.31. The van der Waals surface area contributed by atoms with Crippen molar-refractivity contribution in [3.8, 4) is 0 Å². The predicted octanol–water partition coefficient (Wildman–Crippen LogP) is 2.93. The van der Waals surface area contributed by atoms with Crippen LogP contribution < -0.4 is 4.90 Å². The van der Waals surface area contributed by atoms with Crippen molar-refractivity contribution in [2.45, 2.75) is 6.92 Å². The van der Waals surface area contributed by atoms with Gasteiger partial charge >= 0.3 is 0 Å². The summed E-state index contributed by atoms with van der Waals surface area (Å²) >= 11 is 11.4. The molecule has 7 heteroatoms. The van der Waals surface area contributed by atoms with Gasteiger partial charge in [0.2, 0.25) is 5.28 Å². The molecule has 0 aliphatic rings. The van der Waals surface area contributed by atoms with E-state index in [2.05, 4.69) is 15.0 Å². The largest absolute Gasteiger partial charge is 0.359 e. The lowest BCUT2D eigenvalue weighted by atomic mass is 10.3. The molecule has 0 aliphatic heterocycles. The Balaban J connectivity index is 2.81. The van der Waals surface area contributed by atoms with Crippen LogP contribution in [0.25, 0.3) is 10.9 Å². The van der Waals surface area contributed by atoms with Crippen LogP contribution in [0.1, 0.15) is 6.92 Å². The van der Waals surface area contributed by atoms with Gasteiger partial charge in [-0.25, -0.2) is 14.4 Å². The summed E-state index contributed by atoms with van der Waals surface area (Å²) in [7, 11) is 1.82. The second-order valence-corrected chi connectivity index (χ2v) is 4.15. The standard InChI is InChI=1S/C10H9Cl2FN4/c1-3-17(2)9-5-4-14-8(11)6(13)7(5)15-10(12)16-9/h4H,3H2,1-2H3. The van der Waals surface area contributed by atoms with Gasteiger partial charge in [0.25, 0.3) is 0 Å². The van der Waals surface area contributed by atoms with E-state index in [4.69, 9.17) is 23.2 Å². The third-order valence-corrected chi connectivity index (χ3v) is 2.86. The molecule has 0 amide bonds. The molecule has 17 heavy (non-hydrogen) atoms. The van der Waals surface area contributed by atoms with Crippen LogP contribution in [0.3, 0.4) is 0 Å². The number of halogens is 3. The Morgan fingerprint density at radius 3 is 2.71 bits per heavy atom. The van der Waals surface area contributed by atoms with Gasteiger partial charge in [-0.3, -0.25) is 0 Å². The minimum Gasteiger partial charge on any atom is -0.359 e. The summed E-state index contributed by atoms with van der Waals surface area (Å²) in [5, 5.41) is 0.243. The Morgan fingerprint density at radius 2 is 2.06 bits per heavy atom. The molecular weight excluding hydrogens is 266 g/mol. The molecular formula is C10H9Cl2FN4. The van der Waals surface area contributed by atoms with E-state index < -0.39 is 5.82 Å². The maximum absolute atomic E-state index is 13.8. The van der Waals surface area contributed by atoms with Crippen molar-refractivity contribution in [2.24, 2.45) is 0 Å². The molecule has 2 heterocycles. The quantitative estimate of drug-likeness (QED) is 0.624. The van der Waals surface area contributed by atoms with E-state index in [1.165, 1.54) is 6.20 Å². The minimum absolute atomic E-state index is 0.0195. The second kappa shape index (κ2) is 4.58. The van der Waals surface area contributed by atoms with Crippen LogP contribution in [0.2, 0.25) is 10.4 Å². The molecule has 4 nitrogen and oxygen atoms in total. The van der Waals surface area contributed by atoms with E-state index in [1.807, 2.05) is 18.9 Å². The van der Waals surface area contributed by atoms with Crippen LogP contribution in [0, 0.1) is 5.82 Å². The lowest BCUT2D eigenvalue weighted by Crippen LogP contribution is -2.18. The van der Waals surface area contributed by atoms with Crippen LogP contribution >= 0.6 is 23.2 Å². The van der Waals surface area contributed by atoms with Crippen molar-refractivity contribution in [1.82, 2.24) is 15.0 Å². The number of rotatable bonds is 2. The van der Waals surface area contributed by atoms with Gasteiger partial charge in [0, 0.05) is 19.8 Å². The van der Waals surface area contributed by atoms with Gasteiger partial charge in [0.15, 0.2) is 11.0 Å². The van der Waals surface area contributed by atoms with Gasteiger partial charge in [-0.2, -0.15) is 4.98 Å². The first-order valence-corrected chi connectivity index (χ1v) is 5.68. The predicted molar refractivity (Wildman–Crippen MR) is 66.3 cm³/mol. The highest BCUT2D eigenvalue weighted by molar-refractivity contribution is 6.30. The summed E-state index contributed by atoms with van der Waals surface area (Å²) in [6.07, 6.45) is 1.44. The summed E-state index contributed by atoms with van der Waals surface area (Å²) < 4.78 is 13.8. The highest BCUT2D eigenvalue weighted by Crippen LogP contribution is 2.28. The third kappa shape index (κ3) is 2.12. The molecule has 90 valence electrons. The molecule has 2 aromatic heterocycles. The highest BCUT2D eigenvalue weighted by Gasteiger charge is 2.15. The smallest absolute Gasteiger partial charge is 0.225 e. The van der Waals surface area contributed by atoms with Crippen molar-refractivity contribution >= 4 is 39.9 Å². The zero-order chi connectivity index (χ0) is 12.6. The zero-order valence-electron chi connectivity index (χ0n) is 9.21. The van der Waals surface area contributed by atoms with E-state index >= 15 is 0 Å². The van der Waals surface area contributed by atoms with E-state index in [0.717, 1.165) is 0 Å². The van der Waals surface area contributed by atoms with Crippen molar-refractivity contribution < 1.29 is 4.39 Å². The maximum Gasteiger partial charge on any atom is 0.225 e. The van der Waals surface area contributed by atoms with Crippen molar-refractivity contribution in [1.29, 1.82) is 0 Å². The molecule has 0 bridgehead atoms. The molecule has 0 spiro atoms. The van der Waals surface area contributed by atoms with Gasteiger partial charge < -0.3 is 4.90 Å². The molecule has 0 atom stereocenters. The van der Waals surface area contributed by atoms with E-state index in [0.29, 0.717) is 17.7 Å². The fourth-order valence-corrected chi connectivity index (χ4v) is 1.74. The van der Waals surface area contributed by atoms with Crippen molar-refractivity contribution in [3.05, 3.63) is 22.5 Å². The third-order valence-electron chi connectivity index (χ3n) is 2.43. The fourth-order valence-electron chi connectivity index (χ4n) is 1.43. The van der Waals surface area contributed by atoms with Crippen molar-refractivity contribution in [3.63, 3.8) is 0 Å². The maximum atomic E-state index is 13.8. The summed E-state index contributed by atoms with van der Waals surface area (Å²) in [4.78, 5) is 13.5. The lowest BCUT2D eigenvalue weighted by Gasteiger charge is -2.17. The van der Waals surface area contributed by atoms with Gasteiger partial charge in [0.1, 0.15) is 11.3 Å². The molecule has 0 saturated heterocycles. The average molecular weight is 275 g/mol. The molecule has 0 aliphatic carbocycles. The molecule has 0 unspecified atom stereocenters. The Hall–Kier alpha value is -1.20. The number of hydrogen-bond donors (Lipinski definition) is 0. The fraction of sp³-hybridized carbons (Fsp3) is 0.300. The number of anilines is 1. The Morgan fingerprint density at radius 1 is 1.35 bits per heavy atom. The molecule has 2 rings (SSSR count). The number of hydrogen-bond acceptors (Lipinski definition) is 4. The Labute approximate surface area is 107 Å². The number of nitrogens with zero attached hydrogens (tertiary/aromatic N) is 4. The molecule has 0 saturated carbocycles. The summed E-state index contributed by atoms with van der Waals surface area (Å²) in [5.74, 6) is -0.148. The van der Waals surface area contributed by atoms with Gasteiger partial charge in [-0.15, -0.1) is 0 Å². The number of aromatic nitrogens is 3. The van der Waals surface area contributed by atoms with Gasteiger partial charge in [-0.1, -0.05) is 11.6 Å². The number of pyridine rings is 1. The zero-order valence-corrected chi connectivity index (χ0v) is 10.7. The summed E-state index contributed by atoms with van der Waals surface area (Å²) in [5.41, 5.74) is 0.0836.